The van der Waals surface area contributed by atoms with E-state index >= 15 is 0 Å². The quantitative estimate of drug-likeness (QED) is 0.762. The summed E-state index contributed by atoms with van der Waals surface area (Å²) in [4.78, 5) is 12.2. The van der Waals surface area contributed by atoms with Gasteiger partial charge in [-0.15, -0.1) is 0 Å². The summed E-state index contributed by atoms with van der Waals surface area (Å²) < 4.78 is 22.9. The van der Waals surface area contributed by atoms with Gasteiger partial charge in [-0.05, 0) is 43.9 Å². The molecule has 2 atom stereocenters. The highest BCUT2D eigenvalue weighted by atomic mass is 32.2. The van der Waals surface area contributed by atoms with Gasteiger partial charge in [0.1, 0.15) is 0 Å². The highest BCUT2D eigenvalue weighted by Crippen LogP contribution is 2.27. The SMILES string of the molecule is Cc1c(NC(=O)C2CCC(N)C2)cccc1S(N)(=O)=O. The Morgan fingerprint density at radius 3 is 2.60 bits per heavy atom. The molecule has 20 heavy (non-hydrogen) atoms. The lowest BCUT2D eigenvalue weighted by Crippen LogP contribution is -2.24. The van der Waals surface area contributed by atoms with Crippen molar-refractivity contribution in [1.29, 1.82) is 0 Å². The lowest BCUT2D eigenvalue weighted by atomic mass is 10.1. The minimum atomic E-state index is -3.79. The van der Waals surface area contributed by atoms with Gasteiger partial charge in [-0.2, -0.15) is 0 Å². The molecule has 0 heterocycles. The largest absolute Gasteiger partial charge is 0.328 e. The molecule has 6 nitrogen and oxygen atoms in total. The van der Waals surface area contributed by atoms with E-state index in [0.29, 0.717) is 17.7 Å². The molecule has 1 amide bonds. The van der Waals surface area contributed by atoms with Crippen LogP contribution in [-0.2, 0) is 14.8 Å². The second-order valence-corrected chi connectivity index (χ2v) is 6.76. The topological polar surface area (TPSA) is 115 Å². The zero-order chi connectivity index (χ0) is 14.9. The number of carbonyl (C=O) groups excluding carboxylic acids is 1. The van der Waals surface area contributed by atoms with E-state index in [1.54, 1.807) is 19.1 Å². The van der Waals surface area contributed by atoms with Crippen molar-refractivity contribution in [2.45, 2.75) is 37.1 Å². The molecule has 1 aliphatic rings. The molecular formula is C13H19N3O3S. The first-order chi connectivity index (χ1) is 9.29. The number of nitrogens with two attached hydrogens (primary N) is 2. The molecule has 0 aliphatic heterocycles. The van der Waals surface area contributed by atoms with Gasteiger partial charge >= 0.3 is 0 Å². The molecule has 0 bridgehead atoms. The van der Waals surface area contributed by atoms with Crippen LogP contribution in [0.2, 0.25) is 0 Å². The van der Waals surface area contributed by atoms with Crippen LogP contribution in [0, 0.1) is 12.8 Å². The zero-order valence-electron chi connectivity index (χ0n) is 11.3. The van der Waals surface area contributed by atoms with Crippen LogP contribution in [0.25, 0.3) is 0 Å². The van der Waals surface area contributed by atoms with Crippen molar-refractivity contribution in [3.05, 3.63) is 23.8 Å². The predicted octanol–water partition coefficient (Wildman–Crippen LogP) is 0.708. The van der Waals surface area contributed by atoms with Crippen LogP contribution in [0.15, 0.2) is 23.1 Å². The molecule has 2 unspecified atom stereocenters. The Morgan fingerprint density at radius 1 is 1.35 bits per heavy atom. The molecule has 2 rings (SSSR count). The Morgan fingerprint density at radius 2 is 2.05 bits per heavy atom. The smallest absolute Gasteiger partial charge is 0.238 e. The Labute approximate surface area is 118 Å². The molecule has 1 saturated carbocycles. The fourth-order valence-corrected chi connectivity index (χ4v) is 3.35. The monoisotopic (exact) mass is 297 g/mol. The number of carbonyl (C=O) groups is 1. The van der Waals surface area contributed by atoms with Crippen molar-refractivity contribution in [2.75, 3.05) is 5.32 Å². The molecule has 5 N–H and O–H groups in total. The zero-order valence-corrected chi connectivity index (χ0v) is 12.1. The Hall–Kier alpha value is -1.44. The summed E-state index contributed by atoms with van der Waals surface area (Å²) in [7, 11) is -3.79. The van der Waals surface area contributed by atoms with E-state index in [0.717, 1.165) is 12.8 Å². The Balaban J connectivity index is 2.20. The van der Waals surface area contributed by atoms with Crippen LogP contribution in [0.5, 0.6) is 0 Å². The van der Waals surface area contributed by atoms with Gasteiger partial charge in [-0.25, -0.2) is 13.6 Å². The van der Waals surface area contributed by atoms with Crippen molar-refractivity contribution < 1.29 is 13.2 Å². The molecule has 7 heteroatoms. The number of primary sulfonamides is 1. The second kappa shape index (κ2) is 5.51. The van der Waals surface area contributed by atoms with E-state index in [-0.39, 0.29) is 22.8 Å². The third kappa shape index (κ3) is 3.17. The van der Waals surface area contributed by atoms with Crippen LogP contribution in [0.1, 0.15) is 24.8 Å². The van der Waals surface area contributed by atoms with Gasteiger partial charge in [-0.3, -0.25) is 4.79 Å². The lowest BCUT2D eigenvalue weighted by Gasteiger charge is -2.14. The van der Waals surface area contributed by atoms with Crippen molar-refractivity contribution in [3.8, 4) is 0 Å². The normalized spacial score (nSPS) is 22.8. The van der Waals surface area contributed by atoms with E-state index in [2.05, 4.69) is 5.32 Å². The van der Waals surface area contributed by atoms with Crippen molar-refractivity contribution in [2.24, 2.45) is 16.8 Å². The molecular weight excluding hydrogens is 278 g/mol. The number of rotatable bonds is 3. The first kappa shape index (κ1) is 15.0. The lowest BCUT2D eigenvalue weighted by molar-refractivity contribution is -0.119. The summed E-state index contributed by atoms with van der Waals surface area (Å²) in [5.74, 6) is -0.227. The van der Waals surface area contributed by atoms with Gasteiger partial charge in [0.05, 0.1) is 4.90 Å². The van der Waals surface area contributed by atoms with Crippen LogP contribution in [-0.4, -0.2) is 20.4 Å². The number of nitrogens with one attached hydrogen (secondary N) is 1. The van der Waals surface area contributed by atoms with Gasteiger partial charge in [0, 0.05) is 17.6 Å². The Kier molecular flexibility index (Phi) is 4.12. The van der Waals surface area contributed by atoms with Crippen LogP contribution >= 0.6 is 0 Å². The Bertz CT molecular complexity index is 628. The molecule has 1 aliphatic carbocycles. The van der Waals surface area contributed by atoms with Gasteiger partial charge in [0.25, 0.3) is 0 Å². The highest BCUT2D eigenvalue weighted by Gasteiger charge is 2.28. The van der Waals surface area contributed by atoms with E-state index < -0.39 is 10.0 Å². The number of anilines is 1. The summed E-state index contributed by atoms with van der Waals surface area (Å²) in [5, 5.41) is 7.91. The third-order valence-corrected chi connectivity index (χ3v) is 4.75. The highest BCUT2D eigenvalue weighted by molar-refractivity contribution is 7.89. The maximum Gasteiger partial charge on any atom is 0.238 e. The van der Waals surface area contributed by atoms with Gasteiger partial charge in [-0.1, -0.05) is 6.07 Å². The van der Waals surface area contributed by atoms with Crippen molar-refractivity contribution in [1.82, 2.24) is 0 Å². The van der Waals surface area contributed by atoms with E-state index in [4.69, 9.17) is 10.9 Å². The molecule has 1 aromatic carbocycles. The minimum Gasteiger partial charge on any atom is -0.328 e. The molecule has 0 aromatic heterocycles. The molecule has 0 spiro atoms. The minimum absolute atomic E-state index is 0.0263. The number of hydrogen-bond donors (Lipinski definition) is 3. The number of hydrogen-bond acceptors (Lipinski definition) is 4. The standard InChI is InChI=1S/C13H19N3O3S/c1-8-11(3-2-4-12(8)20(15,18)19)16-13(17)9-5-6-10(14)7-9/h2-4,9-10H,5-7,14H2,1H3,(H,16,17)(H2,15,18,19). The average Bonchev–Trinajstić information content (AvgIpc) is 2.77. The summed E-state index contributed by atoms with van der Waals surface area (Å²) >= 11 is 0. The first-order valence-corrected chi connectivity index (χ1v) is 8.02. The number of benzene rings is 1. The van der Waals surface area contributed by atoms with E-state index in [1.165, 1.54) is 6.07 Å². The fourth-order valence-electron chi connectivity index (χ4n) is 2.55. The summed E-state index contributed by atoms with van der Waals surface area (Å²) in [5.41, 5.74) is 6.72. The van der Waals surface area contributed by atoms with Gasteiger partial charge in [0.2, 0.25) is 15.9 Å². The molecule has 1 fully saturated rings. The molecule has 1 aromatic rings. The molecule has 0 saturated heterocycles. The van der Waals surface area contributed by atoms with Crippen LogP contribution in [0.4, 0.5) is 5.69 Å². The summed E-state index contributed by atoms with van der Waals surface area (Å²) in [6.07, 6.45) is 2.27. The van der Waals surface area contributed by atoms with Crippen molar-refractivity contribution in [3.63, 3.8) is 0 Å². The number of amides is 1. The van der Waals surface area contributed by atoms with Gasteiger partial charge < -0.3 is 11.1 Å². The van der Waals surface area contributed by atoms with Gasteiger partial charge in [0.15, 0.2) is 0 Å². The summed E-state index contributed by atoms with van der Waals surface area (Å²) in [6, 6.07) is 4.72. The van der Waals surface area contributed by atoms with Crippen LogP contribution < -0.4 is 16.2 Å². The van der Waals surface area contributed by atoms with E-state index in [9.17, 15) is 13.2 Å². The molecule has 110 valence electrons. The predicted molar refractivity (Wildman–Crippen MR) is 76.5 cm³/mol. The maximum absolute atomic E-state index is 12.1. The second-order valence-electron chi connectivity index (χ2n) is 5.23. The third-order valence-electron chi connectivity index (χ3n) is 3.69. The van der Waals surface area contributed by atoms with Crippen LogP contribution in [0.3, 0.4) is 0 Å². The average molecular weight is 297 g/mol. The fraction of sp³-hybridized carbons (Fsp3) is 0.462. The summed E-state index contributed by atoms with van der Waals surface area (Å²) in [6.45, 7) is 1.62. The van der Waals surface area contributed by atoms with E-state index in [1.807, 2.05) is 0 Å². The first-order valence-electron chi connectivity index (χ1n) is 6.48. The maximum atomic E-state index is 12.1. The van der Waals surface area contributed by atoms with Crippen molar-refractivity contribution >= 4 is 21.6 Å². The number of sulfonamides is 1. The molecule has 0 radical (unpaired) electrons.